The summed E-state index contributed by atoms with van der Waals surface area (Å²) in [7, 11) is 0. The zero-order chi connectivity index (χ0) is 14.6. The van der Waals surface area contributed by atoms with E-state index in [0.717, 1.165) is 5.56 Å². The molecule has 19 heavy (non-hydrogen) atoms. The van der Waals surface area contributed by atoms with E-state index in [2.05, 4.69) is 20.7 Å². The number of anilines is 2. The molecule has 1 rings (SSSR count). The normalized spacial score (nSPS) is 11.2. The molecule has 7 nitrogen and oxygen atoms in total. The summed E-state index contributed by atoms with van der Waals surface area (Å²) in [6.07, 6.45) is 0.906. The Labute approximate surface area is 113 Å². The second kappa shape index (κ2) is 5.83. The van der Waals surface area contributed by atoms with Crippen LogP contribution in [-0.2, 0) is 11.2 Å². The van der Waals surface area contributed by atoms with E-state index in [9.17, 15) is 4.79 Å². The molecule has 6 N–H and O–H groups in total. The SMILES string of the molecule is CCc1nc(NN)c(C)c(NC(C)(C)CC(N)=O)n1. The van der Waals surface area contributed by atoms with Crippen LogP contribution < -0.4 is 22.3 Å². The Morgan fingerprint density at radius 1 is 1.32 bits per heavy atom. The summed E-state index contributed by atoms with van der Waals surface area (Å²) >= 11 is 0. The number of carbonyl (C=O) groups excluding carboxylic acids is 1. The highest BCUT2D eigenvalue weighted by Gasteiger charge is 2.22. The third-order valence-corrected chi connectivity index (χ3v) is 2.72. The number of hydrogen-bond donors (Lipinski definition) is 4. The maximum absolute atomic E-state index is 11.1. The first-order chi connectivity index (χ1) is 8.79. The van der Waals surface area contributed by atoms with Gasteiger partial charge in [0, 0.05) is 23.9 Å². The van der Waals surface area contributed by atoms with Gasteiger partial charge in [-0.05, 0) is 20.8 Å². The van der Waals surface area contributed by atoms with Gasteiger partial charge in [0.05, 0.1) is 0 Å². The van der Waals surface area contributed by atoms with Gasteiger partial charge >= 0.3 is 0 Å². The average molecular weight is 266 g/mol. The Morgan fingerprint density at radius 3 is 2.37 bits per heavy atom. The van der Waals surface area contributed by atoms with Crippen LogP contribution in [0.25, 0.3) is 0 Å². The van der Waals surface area contributed by atoms with Gasteiger partial charge in [0.2, 0.25) is 5.91 Å². The van der Waals surface area contributed by atoms with Crippen LogP contribution in [0.5, 0.6) is 0 Å². The second-order valence-corrected chi connectivity index (χ2v) is 5.11. The molecule has 106 valence electrons. The highest BCUT2D eigenvalue weighted by molar-refractivity contribution is 5.75. The molecule has 1 aromatic rings. The van der Waals surface area contributed by atoms with Crippen molar-refractivity contribution in [1.29, 1.82) is 0 Å². The Bertz CT molecular complexity index is 472. The highest BCUT2D eigenvalue weighted by Crippen LogP contribution is 2.24. The first-order valence-electron chi connectivity index (χ1n) is 6.19. The number of nitrogen functional groups attached to an aromatic ring is 1. The standard InChI is InChI=1S/C12H22N6O/c1-5-9-15-10(7(2)11(16-9)18-14)17-12(3,4)6-8(13)19/h5-6,14H2,1-4H3,(H2,13,19)(H2,15,16,17,18). The molecule has 1 aromatic heterocycles. The number of amides is 1. The molecular weight excluding hydrogens is 244 g/mol. The number of nitrogens with two attached hydrogens (primary N) is 2. The predicted molar refractivity (Wildman–Crippen MR) is 75.5 cm³/mol. The lowest BCUT2D eigenvalue weighted by Crippen LogP contribution is -2.36. The number of aromatic nitrogens is 2. The zero-order valence-corrected chi connectivity index (χ0v) is 11.9. The Kier molecular flexibility index (Phi) is 4.66. The van der Waals surface area contributed by atoms with Crippen molar-refractivity contribution >= 4 is 17.5 Å². The fraction of sp³-hybridized carbons (Fsp3) is 0.583. The Morgan fingerprint density at radius 2 is 1.89 bits per heavy atom. The lowest BCUT2D eigenvalue weighted by Gasteiger charge is -2.27. The number of hydrazine groups is 1. The molecule has 0 aliphatic heterocycles. The van der Waals surface area contributed by atoms with Crippen molar-refractivity contribution in [3.05, 3.63) is 11.4 Å². The van der Waals surface area contributed by atoms with E-state index in [1.165, 1.54) is 0 Å². The first-order valence-corrected chi connectivity index (χ1v) is 6.19. The lowest BCUT2D eigenvalue weighted by molar-refractivity contribution is -0.118. The van der Waals surface area contributed by atoms with Gasteiger partial charge in [0.25, 0.3) is 0 Å². The summed E-state index contributed by atoms with van der Waals surface area (Å²) in [5.74, 6) is 6.99. The van der Waals surface area contributed by atoms with Gasteiger partial charge in [0.15, 0.2) is 0 Å². The molecule has 0 bridgehead atoms. The van der Waals surface area contributed by atoms with Crippen LogP contribution in [0.3, 0.4) is 0 Å². The van der Waals surface area contributed by atoms with Gasteiger partial charge in [-0.2, -0.15) is 0 Å². The van der Waals surface area contributed by atoms with E-state index >= 15 is 0 Å². The molecule has 0 aliphatic rings. The van der Waals surface area contributed by atoms with Crippen molar-refractivity contribution in [3.63, 3.8) is 0 Å². The van der Waals surface area contributed by atoms with E-state index in [0.29, 0.717) is 23.9 Å². The lowest BCUT2D eigenvalue weighted by atomic mass is 10.00. The quantitative estimate of drug-likeness (QED) is 0.444. The van der Waals surface area contributed by atoms with E-state index in [1.54, 1.807) is 0 Å². The fourth-order valence-electron chi connectivity index (χ4n) is 1.78. The van der Waals surface area contributed by atoms with E-state index in [1.807, 2.05) is 27.7 Å². The minimum Gasteiger partial charge on any atom is -0.370 e. The number of nitrogens with one attached hydrogen (secondary N) is 2. The zero-order valence-electron chi connectivity index (χ0n) is 11.9. The van der Waals surface area contributed by atoms with Gasteiger partial charge in [-0.1, -0.05) is 6.92 Å². The third-order valence-electron chi connectivity index (χ3n) is 2.72. The Hall–Kier alpha value is -1.89. The minimum atomic E-state index is -0.484. The van der Waals surface area contributed by atoms with Gasteiger partial charge in [-0.3, -0.25) is 4.79 Å². The molecule has 1 heterocycles. The Balaban J connectivity index is 3.09. The van der Waals surface area contributed by atoms with Crippen molar-refractivity contribution < 1.29 is 4.79 Å². The van der Waals surface area contributed by atoms with E-state index in [-0.39, 0.29) is 12.3 Å². The van der Waals surface area contributed by atoms with Crippen molar-refractivity contribution in [2.75, 3.05) is 10.7 Å². The van der Waals surface area contributed by atoms with Crippen molar-refractivity contribution in [2.45, 2.75) is 46.1 Å². The maximum Gasteiger partial charge on any atom is 0.219 e. The van der Waals surface area contributed by atoms with Crippen molar-refractivity contribution in [1.82, 2.24) is 9.97 Å². The van der Waals surface area contributed by atoms with Crippen LogP contribution in [0.4, 0.5) is 11.6 Å². The summed E-state index contributed by atoms with van der Waals surface area (Å²) in [6.45, 7) is 7.60. The van der Waals surface area contributed by atoms with Gasteiger partial charge in [0.1, 0.15) is 17.5 Å². The van der Waals surface area contributed by atoms with Gasteiger partial charge < -0.3 is 16.5 Å². The van der Waals surface area contributed by atoms with Gasteiger partial charge in [-0.25, -0.2) is 15.8 Å². The number of carbonyl (C=O) groups is 1. The van der Waals surface area contributed by atoms with Crippen molar-refractivity contribution in [3.8, 4) is 0 Å². The molecule has 0 aliphatic carbocycles. The number of rotatable bonds is 6. The topological polar surface area (TPSA) is 119 Å². The maximum atomic E-state index is 11.1. The molecular formula is C12H22N6O. The highest BCUT2D eigenvalue weighted by atomic mass is 16.1. The summed E-state index contributed by atoms with van der Waals surface area (Å²) in [5.41, 5.74) is 8.11. The summed E-state index contributed by atoms with van der Waals surface area (Å²) in [6, 6.07) is 0. The molecule has 0 unspecified atom stereocenters. The van der Waals surface area contributed by atoms with Crippen LogP contribution in [0.2, 0.25) is 0 Å². The summed E-state index contributed by atoms with van der Waals surface area (Å²) in [4.78, 5) is 19.8. The van der Waals surface area contributed by atoms with Crippen LogP contribution in [0.1, 0.15) is 38.6 Å². The number of primary amides is 1. The predicted octanol–water partition coefficient (Wildman–Crippen LogP) is 0.699. The second-order valence-electron chi connectivity index (χ2n) is 5.11. The van der Waals surface area contributed by atoms with Crippen LogP contribution in [-0.4, -0.2) is 21.4 Å². The smallest absolute Gasteiger partial charge is 0.219 e. The first kappa shape index (κ1) is 15.2. The number of nitrogens with zero attached hydrogens (tertiary/aromatic N) is 2. The molecule has 7 heteroatoms. The minimum absolute atomic E-state index is 0.212. The molecule has 0 fully saturated rings. The molecule has 0 atom stereocenters. The third kappa shape index (κ3) is 4.06. The average Bonchev–Trinajstić information content (AvgIpc) is 2.29. The molecule has 0 saturated carbocycles. The van der Waals surface area contributed by atoms with Crippen molar-refractivity contribution in [2.24, 2.45) is 11.6 Å². The summed E-state index contributed by atoms with van der Waals surface area (Å²) < 4.78 is 0. The molecule has 0 radical (unpaired) electrons. The molecule has 0 aromatic carbocycles. The van der Waals surface area contributed by atoms with E-state index in [4.69, 9.17) is 11.6 Å². The van der Waals surface area contributed by atoms with Gasteiger partial charge in [-0.15, -0.1) is 0 Å². The van der Waals surface area contributed by atoms with Crippen LogP contribution in [0, 0.1) is 6.92 Å². The number of aryl methyl sites for hydroxylation is 1. The van der Waals surface area contributed by atoms with Crippen LogP contribution >= 0.6 is 0 Å². The summed E-state index contributed by atoms with van der Waals surface area (Å²) in [5, 5.41) is 3.22. The number of hydrogen-bond acceptors (Lipinski definition) is 6. The molecule has 1 amide bonds. The molecule has 0 spiro atoms. The molecule has 0 saturated heterocycles. The van der Waals surface area contributed by atoms with E-state index < -0.39 is 5.54 Å². The fourth-order valence-corrected chi connectivity index (χ4v) is 1.78. The van der Waals surface area contributed by atoms with Crippen LogP contribution in [0.15, 0.2) is 0 Å². The largest absolute Gasteiger partial charge is 0.370 e. The monoisotopic (exact) mass is 266 g/mol.